The van der Waals surface area contributed by atoms with Crippen LogP contribution < -0.4 is 20.7 Å². The van der Waals surface area contributed by atoms with Gasteiger partial charge in [0.25, 0.3) is 16.6 Å². The molecule has 11 heteroatoms. The van der Waals surface area contributed by atoms with Crippen LogP contribution in [0.4, 0.5) is 0 Å². The molecule has 3 fully saturated rings. The predicted molar refractivity (Wildman–Crippen MR) is 269 cm³/mol. The Morgan fingerprint density at radius 3 is 1.48 bits per heavy atom. The van der Waals surface area contributed by atoms with Gasteiger partial charge in [0.2, 0.25) is 0 Å². The molecule has 3 saturated heterocycles. The lowest BCUT2D eigenvalue weighted by molar-refractivity contribution is -0.243. The van der Waals surface area contributed by atoms with E-state index in [0.29, 0.717) is 32.1 Å². The van der Waals surface area contributed by atoms with E-state index in [1.54, 1.807) is 0 Å². The van der Waals surface area contributed by atoms with Crippen LogP contribution in [0.15, 0.2) is 134 Å². The SMILES string of the molecule is C=CC(C[C@H]1OC2C(CC(C)(C)[Si](O)(c3ccccc3)c3ccccc3)[C@H]3OC(CC(=O)O)CCC3O[C@H]2C1CC(C)(C)[Si](O)(c1ccccc1)c1ccccc1)O[Si](CC)(CC)CC. The molecular weight excluding hydrogens is 861 g/mol. The molecular formula is C54H74O8Si3. The molecule has 0 saturated carbocycles. The zero-order valence-corrected chi connectivity index (χ0v) is 42.8. The van der Waals surface area contributed by atoms with Gasteiger partial charge in [0.1, 0.15) is 0 Å². The first kappa shape index (κ1) is 49.4. The number of carboxylic acids is 1. The van der Waals surface area contributed by atoms with E-state index in [0.717, 1.165) is 38.9 Å². The number of rotatable bonds is 20. The summed E-state index contributed by atoms with van der Waals surface area (Å²) >= 11 is 0. The predicted octanol–water partition coefficient (Wildman–Crippen LogP) is 8.59. The molecule has 350 valence electrons. The third-order valence-electron chi connectivity index (χ3n) is 15.9. The molecule has 3 N–H and O–H groups in total. The van der Waals surface area contributed by atoms with Crippen LogP contribution in [0.3, 0.4) is 0 Å². The molecule has 6 unspecified atom stereocenters. The van der Waals surface area contributed by atoms with Crippen LogP contribution in [0.2, 0.25) is 28.2 Å². The Bertz CT molecular complexity index is 2060. The fraction of sp³-hybridized carbons (Fsp3) is 0.500. The van der Waals surface area contributed by atoms with Crippen LogP contribution >= 0.6 is 0 Å². The van der Waals surface area contributed by atoms with Crippen molar-refractivity contribution in [3.8, 4) is 0 Å². The van der Waals surface area contributed by atoms with E-state index in [9.17, 15) is 19.5 Å². The summed E-state index contributed by atoms with van der Waals surface area (Å²) in [5, 5.41) is 12.5. The summed E-state index contributed by atoms with van der Waals surface area (Å²) < 4.78 is 29.1. The molecule has 0 spiro atoms. The fourth-order valence-electron chi connectivity index (χ4n) is 12.0. The second-order valence-electron chi connectivity index (χ2n) is 20.4. The van der Waals surface area contributed by atoms with Crippen molar-refractivity contribution in [2.45, 2.75) is 158 Å². The van der Waals surface area contributed by atoms with Gasteiger partial charge in [-0.1, -0.05) is 176 Å². The van der Waals surface area contributed by atoms with Crippen molar-refractivity contribution < 1.29 is 38.1 Å². The van der Waals surface area contributed by atoms with Gasteiger partial charge in [-0.25, -0.2) is 0 Å². The largest absolute Gasteiger partial charge is 0.481 e. The van der Waals surface area contributed by atoms with Gasteiger partial charge in [-0.3, -0.25) is 4.79 Å². The maximum Gasteiger partial charge on any atom is 0.305 e. The summed E-state index contributed by atoms with van der Waals surface area (Å²) in [7, 11) is -9.03. The number of fused-ring (bicyclic) bond motifs is 2. The number of hydrogen-bond acceptors (Lipinski definition) is 7. The molecule has 0 aliphatic carbocycles. The first-order valence-corrected chi connectivity index (χ1v) is 30.6. The average Bonchev–Trinajstić information content (AvgIpc) is 3.65. The molecule has 0 radical (unpaired) electrons. The van der Waals surface area contributed by atoms with Crippen molar-refractivity contribution in [1.82, 2.24) is 0 Å². The second kappa shape index (κ2) is 20.4. The van der Waals surface area contributed by atoms with Crippen molar-refractivity contribution in [2.75, 3.05) is 0 Å². The van der Waals surface area contributed by atoms with E-state index < -0.39 is 59.3 Å². The number of hydrogen-bond donors (Lipinski definition) is 3. The lowest BCUT2D eigenvalue weighted by Crippen LogP contribution is -2.67. The van der Waals surface area contributed by atoms with Crippen molar-refractivity contribution in [2.24, 2.45) is 11.8 Å². The Hall–Kier alpha value is -3.50. The number of benzene rings is 4. The Morgan fingerprint density at radius 1 is 0.662 bits per heavy atom. The molecule has 0 amide bonds. The number of carboxylic acid groups (broad SMARTS) is 1. The molecule has 3 aliphatic rings. The van der Waals surface area contributed by atoms with Crippen LogP contribution in [-0.4, -0.2) is 88.3 Å². The smallest absolute Gasteiger partial charge is 0.305 e. The van der Waals surface area contributed by atoms with Gasteiger partial charge >= 0.3 is 5.97 Å². The molecule has 0 aromatic heterocycles. The lowest BCUT2D eigenvalue weighted by atomic mass is 9.74. The van der Waals surface area contributed by atoms with Gasteiger partial charge < -0.3 is 33.3 Å². The Labute approximate surface area is 391 Å². The van der Waals surface area contributed by atoms with Crippen LogP contribution in [0.25, 0.3) is 0 Å². The van der Waals surface area contributed by atoms with Crippen molar-refractivity contribution in [1.29, 1.82) is 0 Å². The summed E-state index contributed by atoms with van der Waals surface area (Å²) in [4.78, 5) is 39.2. The highest BCUT2D eigenvalue weighted by atomic mass is 28.4. The van der Waals surface area contributed by atoms with E-state index in [1.165, 1.54) is 0 Å². The third kappa shape index (κ3) is 9.78. The summed E-state index contributed by atoms with van der Waals surface area (Å²) in [6.45, 7) is 19.9. The Balaban J connectivity index is 1.35. The van der Waals surface area contributed by atoms with E-state index in [1.807, 2.05) is 78.9 Å². The van der Waals surface area contributed by atoms with Gasteiger partial charge in [-0.15, -0.1) is 6.58 Å². The average molecular weight is 935 g/mol. The molecule has 4 aromatic carbocycles. The quantitative estimate of drug-likeness (QED) is 0.0597. The summed E-state index contributed by atoms with van der Waals surface area (Å²) in [6.07, 6.45) is 2.33. The highest BCUT2D eigenvalue weighted by Crippen LogP contribution is 2.55. The number of carbonyl (C=O) groups is 1. The van der Waals surface area contributed by atoms with Crippen LogP contribution in [-0.2, 0) is 23.4 Å². The lowest BCUT2D eigenvalue weighted by Gasteiger charge is -2.52. The molecule has 3 heterocycles. The minimum absolute atomic E-state index is 0.0844. The van der Waals surface area contributed by atoms with E-state index >= 15 is 0 Å². The van der Waals surface area contributed by atoms with Gasteiger partial charge in [0.15, 0.2) is 8.32 Å². The zero-order valence-electron chi connectivity index (χ0n) is 39.8. The minimum Gasteiger partial charge on any atom is -0.481 e. The van der Waals surface area contributed by atoms with Gasteiger partial charge in [0.05, 0.1) is 49.1 Å². The topological polar surface area (TPSA) is 115 Å². The van der Waals surface area contributed by atoms with E-state index in [4.69, 9.17) is 18.6 Å². The Kier molecular flexibility index (Phi) is 15.5. The maximum absolute atomic E-state index is 13.5. The number of aliphatic carboxylic acids is 1. The van der Waals surface area contributed by atoms with Crippen molar-refractivity contribution >= 4 is 51.7 Å². The van der Waals surface area contributed by atoms with Crippen LogP contribution in [0.1, 0.15) is 87.0 Å². The highest BCUT2D eigenvalue weighted by Gasteiger charge is 2.62. The van der Waals surface area contributed by atoms with Gasteiger partial charge in [-0.2, -0.15) is 0 Å². The Morgan fingerprint density at radius 2 is 1.08 bits per heavy atom. The zero-order chi connectivity index (χ0) is 46.6. The molecule has 65 heavy (non-hydrogen) atoms. The van der Waals surface area contributed by atoms with E-state index in [-0.39, 0.29) is 42.7 Å². The van der Waals surface area contributed by atoms with Crippen molar-refractivity contribution in [3.05, 3.63) is 134 Å². The highest BCUT2D eigenvalue weighted by molar-refractivity contribution is 6.99. The summed E-state index contributed by atoms with van der Waals surface area (Å²) in [5.74, 6) is -1.27. The molecule has 7 rings (SSSR count). The molecule has 4 aromatic rings. The monoisotopic (exact) mass is 934 g/mol. The fourth-order valence-corrected chi connectivity index (χ4v) is 22.4. The van der Waals surface area contributed by atoms with Crippen LogP contribution in [0, 0.1) is 11.8 Å². The maximum atomic E-state index is 13.5. The van der Waals surface area contributed by atoms with Gasteiger partial charge in [0, 0.05) is 18.3 Å². The normalized spacial score (nSPS) is 25.6. The first-order valence-electron chi connectivity index (χ1n) is 24.2. The molecule has 8 nitrogen and oxygen atoms in total. The minimum atomic E-state index is -3.50. The standard InChI is InChI=1S/C54H74O8Si3/c1-9-39(62-63(10-2,11-3)12-4)35-48-45(37-53(5,6)64(57,41-25-17-13-18-26-41)42-27-19-14-20-28-42)51-52(61-48)46(50-47(60-51)34-33-40(59-50)36-49(55)56)38-54(7,8)65(58,43-29-21-15-22-30-43)44-31-23-16-24-32-44/h9,13-32,39-40,45-48,50-52,57-58H,1,10-12,33-38H2,2-8H3,(H,55,56)/t39?,40?,45?,46?,47?,48-,50-,51+,52?/m1/s1. The van der Waals surface area contributed by atoms with Crippen LogP contribution in [0.5, 0.6) is 0 Å². The molecule has 3 aliphatic heterocycles. The first-order chi connectivity index (χ1) is 31.1. The summed E-state index contributed by atoms with van der Waals surface area (Å²) in [6, 6.07) is 43.7. The van der Waals surface area contributed by atoms with Crippen molar-refractivity contribution in [3.63, 3.8) is 0 Å². The third-order valence-corrected chi connectivity index (χ3v) is 29.6. The van der Waals surface area contributed by atoms with E-state index in [2.05, 4.69) is 104 Å². The second-order valence-corrected chi connectivity index (χ2v) is 33.0. The summed E-state index contributed by atoms with van der Waals surface area (Å²) in [5.41, 5.74) is 0. The van der Waals surface area contributed by atoms with Gasteiger partial charge in [-0.05, 0) is 74.6 Å². The molecule has 0 bridgehead atoms. The molecule has 9 atom stereocenters. The number of ether oxygens (including phenoxy) is 3.